The maximum Gasteiger partial charge on any atom is 0.129 e. The van der Waals surface area contributed by atoms with Crippen molar-refractivity contribution in [3.8, 4) is 0 Å². The van der Waals surface area contributed by atoms with Crippen LogP contribution in [0.2, 0.25) is 0 Å². The lowest BCUT2D eigenvalue weighted by Gasteiger charge is -1.95. The van der Waals surface area contributed by atoms with Crippen molar-refractivity contribution in [2.75, 3.05) is 0 Å². The van der Waals surface area contributed by atoms with Gasteiger partial charge in [0.15, 0.2) is 0 Å². The van der Waals surface area contributed by atoms with Crippen molar-refractivity contribution in [1.29, 1.82) is 5.53 Å². The van der Waals surface area contributed by atoms with Crippen molar-refractivity contribution >= 4 is 0 Å². The minimum atomic E-state index is -0.139. The highest BCUT2D eigenvalue weighted by molar-refractivity contribution is 5.02. The zero-order valence-electron chi connectivity index (χ0n) is 5.16. The number of rotatable bonds is 2. The van der Waals surface area contributed by atoms with Crippen molar-refractivity contribution in [2.45, 2.75) is 13.0 Å². The maximum absolute atomic E-state index is 6.65. The smallest absolute Gasteiger partial charge is 0.129 e. The number of hydrogen-bond acceptors (Lipinski definition) is 3. The fourth-order valence-corrected chi connectivity index (χ4v) is 0.593. The van der Waals surface area contributed by atoms with Crippen molar-refractivity contribution in [2.24, 2.45) is 5.11 Å². The summed E-state index contributed by atoms with van der Waals surface area (Å²) in [5.74, 6) is 0.741. The third kappa shape index (κ3) is 1.16. The summed E-state index contributed by atoms with van der Waals surface area (Å²) in [6, 6.07) is 3.46. The lowest BCUT2D eigenvalue weighted by Crippen LogP contribution is -1.81. The summed E-state index contributed by atoms with van der Waals surface area (Å²) in [5, 5.41) is 3.29. The van der Waals surface area contributed by atoms with Crippen molar-refractivity contribution in [3.05, 3.63) is 24.2 Å². The van der Waals surface area contributed by atoms with E-state index >= 15 is 0 Å². The van der Waals surface area contributed by atoms with E-state index in [9.17, 15) is 0 Å². The van der Waals surface area contributed by atoms with Crippen LogP contribution in [0.15, 0.2) is 27.9 Å². The SMILES string of the molecule is CC(N=N)c1ccco1. The van der Waals surface area contributed by atoms with E-state index in [0.717, 1.165) is 5.76 Å². The molecule has 1 atom stereocenters. The van der Waals surface area contributed by atoms with Gasteiger partial charge in [-0.3, -0.25) is 0 Å². The Hall–Kier alpha value is -1.12. The number of nitrogens with one attached hydrogen (secondary N) is 1. The van der Waals surface area contributed by atoms with E-state index < -0.39 is 0 Å². The quantitative estimate of drug-likeness (QED) is 0.604. The van der Waals surface area contributed by atoms with Gasteiger partial charge in [0.05, 0.1) is 6.26 Å². The number of hydrogen-bond donors (Lipinski definition) is 1. The Labute approximate surface area is 53.2 Å². The van der Waals surface area contributed by atoms with Crippen LogP contribution in [-0.4, -0.2) is 0 Å². The monoisotopic (exact) mass is 124 g/mol. The molecule has 48 valence electrons. The van der Waals surface area contributed by atoms with Crippen LogP contribution in [0.3, 0.4) is 0 Å². The van der Waals surface area contributed by atoms with Gasteiger partial charge in [0.2, 0.25) is 0 Å². The molecule has 1 aromatic heterocycles. The molecule has 1 heterocycles. The molecule has 0 aromatic carbocycles. The van der Waals surface area contributed by atoms with Gasteiger partial charge >= 0.3 is 0 Å². The maximum atomic E-state index is 6.65. The van der Waals surface area contributed by atoms with Crippen LogP contribution in [0, 0.1) is 5.53 Å². The molecule has 0 saturated carbocycles. The zero-order valence-corrected chi connectivity index (χ0v) is 5.16. The minimum Gasteiger partial charge on any atom is -0.467 e. The third-order valence-corrected chi connectivity index (χ3v) is 1.15. The van der Waals surface area contributed by atoms with Crippen LogP contribution in [0.4, 0.5) is 0 Å². The molecule has 0 aliphatic rings. The van der Waals surface area contributed by atoms with Crippen LogP contribution < -0.4 is 0 Å². The van der Waals surface area contributed by atoms with Gasteiger partial charge in [-0.1, -0.05) is 0 Å². The molecule has 0 bridgehead atoms. The van der Waals surface area contributed by atoms with Gasteiger partial charge in [0.1, 0.15) is 11.8 Å². The van der Waals surface area contributed by atoms with Crippen molar-refractivity contribution in [1.82, 2.24) is 0 Å². The average Bonchev–Trinajstić information content (AvgIpc) is 2.37. The van der Waals surface area contributed by atoms with Crippen LogP contribution in [0.1, 0.15) is 18.7 Å². The van der Waals surface area contributed by atoms with Crippen LogP contribution >= 0.6 is 0 Å². The molecule has 3 nitrogen and oxygen atoms in total. The molecule has 0 aliphatic heterocycles. The Bertz CT molecular complexity index is 181. The summed E-state index contributed by atoms with van der Waals surface area (Å²) < 4.78 is 4.97. The van der Waals surface area contributed by atoms with E-state index in [-0.39, 0.29) is 6.04 Å². The minimum absolute atomic E-state index is 0.139. The third-order valence-electron chi connectivity index (χ3n) is 1.15. The fraction of sp³-hybridized carbons (Fsp3) is 0.333. The predicted octanol–water partition coefficient (Wildman–Crippen LogP) is 2.37. The first kappa shape index (κ1) is 6.01. The first-order valence-electron chi connectivity index (χ1n) is 2.74. The topological polar surface area (TPSA) is 49.4 Å². The van der Waals surface area contributed by atoms with E-state index in [0.29, 0.717) is 0 Å². The first-order valence-corrected chi connectivity index (χ1v) is 2.74. The molecule has 1 aromatic rings. The van der Waals surface area contributed by atoms with Gasteiger partial charge in [-0.15, -0.1) is 0 Å². The van der Waals surface area contributed by atoms with Crippen LogP contribution in [-0.2, 0) is 0 Å². The molecule has 0 aliphatic carbocycles. The molecule has 3 heteroatoms. The van der Waals surface area contributed by atoms with Crippen LogP contribution in [0.25, 0.3) is 0 Å². The molecule has 1 N–H and O–H groups in total. The largest absolute Gasteiger partial charge is 0.467 e. The van der Waals surface area contributed by atoms with Gasteiger partial charge < -0.3 is 4.42 Å². The Balaban J connectivity index is 2.76. The summed E-state index contributed by atoms with van der Waals surface area (Å²) in [5.41, 5.74) is 6.65. The predicted molar refractivity (Wildman–Crippen MR) is 32.3 cm³/mol. The molecule has 0 saturated heterocycles. The molecular formula is C6H8N2O. The van der Waals surface area contributed by atoms with Gasteiger partial charge in [-0.2, -0.15) is 5.11 Å². The summed E-state index contributed by atoms with van der Waals surface area (Å²) in [6.07, 6.45) is 1.58. The van der Waals surface area contributed by atoms with E-state index in [4.69, 9.17) is 9.95 Å². The lowest BCUT2D eigenvalue weighted by molar-refractivity contribution is 0.470. The van der Waals surface area contributed by atoms with Gasteiger partial charge in [0, 0.05) is 0 Å². The van der Waals surface area contributed by atoms with E-state index in [2.05, 4.69) is 5.11 Å². The number of furan rings is 1. The van der Waals surface area contributed by atoms with E-state index in [1.165, 1.54) is 0 Å². The molecule has 0 radical (unpaired) electrons. The zero-order chi connectivity index (χ0) is 6.69. The van der Waals surface area contributed by atoms with Crippen molar-refractivity contribution < 1.29 is 4.42 Å². The molecule has 0 amide bonds. The van der Waals surface area contributed by atoms with E-state index in [1.807, 2.05) is 13.0 Å². The summed E-state index contributed by atoms with van der Waals surface area (Å²) in [6.45, 7) is 1.81. The molecule has 9 heavy (non-hydrogen) atoms. The highest BCUT2D eigenvalue weighted by Crippen LogP contribution is 2.15. The number of nitrogens with zero attached hydrogens (tertiary/aromatic N) is 1. The summed E-state index contributed by atoms with van der Waals surface area (Å²) in [7, 11) is 0. The fourth-order valence-electron chi connectivity index (χ4n) is 0.593. The molecular weight excluding hydrogens is 116 g/mol. The Morgan fingerprint density at radius 3 is 3.00 bits per heavy atom. The van der Waals surface area contributed by atoms with E-state index in [1.54, 1.807) is 12.3 Å². The van der Waals surface area contributed by atoms with Crippen LogP contribution in [0.5, 0.6) is 0 Å². The molecule has 0 spiro atoms. The van der Waals surface area contributed by atoms with Crippen molar-refractivity contribution in [3.63, 3.8) is 0 Å². The second-order valence-corrected chi connectivity index (χ2v) is 1.82. The molecule has 1 rings (SSSR count). The lowest BCUT2D eigenvalue weighted by atomic mass is 10.3. The van der Waals surface area contributed by atoms with Gasteiger partial charge in [-0.25, -0.2) is 5.53 Å². The molecule has 0 fully saturated rings. The normalized spacial score (nSPS) is 13.0. The first-order chi connectivity index (χ1) is 4.34. The Morgan fingerprint density at radius 1 is 1.78 bits per heavy atom. The van der Waals surface area contributed by atoms with Gasteiger partial charge in [0.25, 0.3) is 0 Å². The summed E-state index contributed by atoms with van der Waals surface area (Å²) in [4.78, 5) is 0. The highest BCUT2D eigenvalue weighted by Gasteiger charge is 2.03. The summed E-state index contributed by atoms with van der Waals surface area (Å²) >= 11 is 0. The Kier molecular flexibility index (Phi) is 1.63. The molecule has 1 unspecified atom stereocenters. The second kappa shape index (κ2) is 2.44. The Morgan fingerprint density at radius 2 is 2.56 bits per heavy atom. The second-order valence-electron chi connectivity index (χ2n) is 1.82. The standard InChI is InChI=1S/C6H8N2O/c1-5(8-7)6-3-2-4-9-6/h2-5,7H,1H3. The van der Waals surface area contributed by atoms with Gasteiger partial charge in [-0.05, 0) is 19.1 Å². The average molecular weight is 124 g/mol. The highest BCUT2D eigenvalue weighted by atomic mass is 16.3.